The van der Waals surface area contributed by atoms with E-state index in [-0.39, 0.29) is 5.91 Å². The highest BCUT2D eigenvalue weighted by Crippen LogP contribution is 2.23. The third-order valence-electron chi connectivity index (χ3n) is 4.27. The van der Waals surface area contributed by atoms with Gasteiger partial charge in [0.25, 0.3) is 5.91 Å². The molecule has 0 spiro atoms. The molecule has 6 nitrogen and oxygen atoms in total. The number of nitrogens with one attached hydrogen (secondary N) is 1. The number of aryl methyl sites for hydroxylation is 3. The second kappa shape index (κ2) is 7.96. The lowest BCUT2D eigenvalue weighted by Crippen LogP contribution is -2.17. The molecule has 28 heavy (non-hydrogen) atoms. The number of anilines is 1. The summed E-state index contributed by atoms with van der Waals surface area (Å²) in [6.07, 6.45) is 5.75. The molecule has 0 aliphatic heterocycles. The summed E-state index contributed by atoms with van der Waals surface area (Å²) in [4.78, 5) is 21.2. The van der Waals surface area contributed by atoms with Gasteiger partial charge in [-0.05, 0) is 55.3 Å². The molecule has 3 aromatic heterocycles. The molecular weight excluding hydrogens is 357 g/mol. The number of allylic oxidation sites excluding steroid dienone is 2. The van der Waals surface area contributed by atoms with Crippen LogP contribution in [0.3, 0.4) is 0 Å². The van der Waals surface area contributed by atoms with Crippen molar-refractivity contribution in [1.82, 2.24) is 19.7 Å². The highest BCUT2D eigenvalue weighted by atomic mass is 19.1. The van der Waals surface area contributed by atoms with Gasteiger partial charge in [0.05, 0.1) is 5.69 Å². The van der Waals surface area contributed by atoms with E-state index >= 15 is 0 Å². The molecule has 7 heteroatoms. The van der Waals surface area contributed by atoms with Gasteiger partial charge in [0.1, 0.15) is 17.3 Å². The molecule has 0 saturated carbocycles. The summed E-state index contributed by atoms with van der Waals surface area (Å²) in [6, 6.07) is 7.14. The maximum atomic E-state index is 13.4. The Bertz CT molecular complexity index is 1080. The van der Waals surface area contributed by atoms with Crippen molar-refractivity contribution in [3.05, 3.63) is 77.7 Å². The smallest absolute Gasteiger partial charge is 0.275 e. The number of carbonyl (C=O) groups excluding carboxylic acids is 1. The molecule has 0 bridgehead atoms. The Balaban J connectivity index is 1.84. The van der Waals surface area contributed by atoms with Crippen molar-refractivity contribution >= 4 is 17.8 Å². The van der Waals surface area contributed by atoms with Crippen molar-refractivity contribution in [2.45, 2.75) is 13.8 Å². The minimum absolute atomic E-state index is 0.280. The molecule has 1 N–H and O–H groups in total. The first-order valence-corrected chi connectivity index (χ1v) is 8.62. The van der Waals surface area contributed by atoms with Crippen LogP contribution in [-0.4, -0.2) is 25.7 Å². The molecule has 0 aliphatic rings. The number of hydrogen-bond acceptors (Lipinski definition) is 4. The molecule has 142 valence electrons. The Kier molecular flexibility index (Phi) is 5.44. The van der Waals surface area contributed by atoms with Crippen molar-refractivity contribution in [3.8, 4) is 11.3 Å². The maximum absolute atomic E-state index is 13.4. The molecule has 0 saturated heterocycles. The average molecular weight is 377 g/mol. The molecule has 0 atom stereocenters. The largest absolute Gasteiger partial charge is 0.305 e. The zero-order chi connectivity index (χ0) is 20.3. The third-order valence-corrected chi connectivity index (χ3v) is 4.27. The van der Waals surface area contributed by atoms with Gasteiger partial charge in [0, 0.05) is 30.7 Å². The van der Waals surface area contributed by atoms with E-state index in [9.17, 15) is 9.18 Å². The maximum Gasteiger partial charge on any atom is 0.275 e. The Morgan fingerprint density at radius 2 is 2.07 bits per heavy atom. The lowest BCUT2D eigenvalue weighted by Gasteiger charge is -2.10. The van der Waals surface area contributed by atoms with Crippen molar-refractivity contribution < 1.29 is 9.18 Å². The molecule has 0 fully saturated rings. The summed E-state index contributed by atoms with van der Waals surface area (Å²) < 4.78 is 14.9. The first-order valence-electron chi connectivity index (χ1n) is 8.62. The minimum Gasteiger partial charge on any atom is -0.305 e. The van der Waals surface area contributed by atoms with E-state index in [2.05, 4.69) is 27.0 Å². The zero-order valence-electron chi connectivity index (χ0n) is 15.9. The fourth-order valence-electron chi connectivity index (χ4n) is 2.71. The van der Waals surface area contributed by atoms with Crippen LogP contribution in [0.15, 0.2) is 55.1 Å². The van der Waals surface area contributed by atoms with Crippen LogP contribution in [-0.2, 0) is 7.05 Å². The van der Waals surface area contributed by atoms with Gasteiger partial charge in [-0.1, -0.05) is 12.6 Å². The van der Waals surface area contributed by atoms with E-state index in [0.29, 0.717) is 28.5 Å². The first kappa shape index (κ1) is 19.2. The number of pyridine rings is 2. The number of nitrogens with zero attached hydrogens (tertiary/aromatic N) is 4. The van der Waals surface area contributed by atoms with Crippen LogP contribution >= 0.6 is 0 Å². The van der Waals surface area contributed by atoms with E-state index < -0.39 is 5.83 Å². The van der Waals surface area contributed by atoms with Crippen LogP contribution in [0.2, 0.25) is 0 Å². The molecule has 3 heterocycles. The number of hydrogen-bond donors (Lipinski definition) is 1. The quantitative estimate of drug-likeness (QED) is 0.675. The fraction of sp³-hybridized carbons (Fsp3) is 0.143. The summed E-state index contributed by atoms with van der Waals surface area (Å²) in [7, 11) is 1.70. The van der Waals surface area contributed by atoms with Crippen LogP contribution in [0.4, 0.5) is 10.2 Å². The summed E-state index contributed by atoms with van der Waals surface area (Å²) in [5.41, 5.74) is 4.14. The van der Waals surface area contributed by atoms with E-state index in [1.54, 1.807) is 37.6 Å². The standard InChI is InChI=1S/C21H20FN5O/c1-5-17(22)11-15-6-7-18(25-14(15)3)16-10-13(2)20(23-12-16)26-21(28)19-8-9-24-27(19)4/h5-12H,1H2,2-4H3,(H,23,26,28)/b17-11+. The molecule has 3 rings (SSSR count). The molecule has 1 amide bonds. The average Bonchev–Trinajstić information content (AvgIpc) is 3.11. The van der Waals surface area contributed by atoms with Gasteiger partial charge in [-0.25, -0.2) is 9.37 Å². The van der Waals surface area contributed by atoms with Gasteiger partial charge in [-0.15, -0.1) is 0 Å². The van der Waals surface area contributed by atoms with E-state index in [1.165, 1.54) is 10.8 Å². The second-order valence-electron chi connectivity index (χ2n) is 6.29. The lowest BCUT2D eigenvalue weighted by atomic mass is 10.1. The molecule has 0 aromatic carbocycles. The second-order valence-corrected chi connectivity index (χ2v) is 6.29. The van der Waals surface area contributed by atoms with Crippen LogP contribution in [0, 0.1) is 13.8 Å². The van der Waals surface area contributed by atoms with Crippen LogP contribution in [0.5, 0.6) is 0 Å². The van der Waals surface area contributed by atoms with Gasteiger partial charge in [0.2, 0.25) is 0 Å². The molecule has 0 unspecified atom stereocenters. The third kappa shape index (κ3) is 4.03. The van der Waals surface area contributed by atoms with E-state index in [4.69, 9.17) is 0 Å². The number of aromatic nitrogens is 4. The Hall–Kier alpha value is -3.61. The molecule has 0 aliphatic carbocycles. The SMILES string of the molecule is C=C/C(F)=C\c1ccc(-c2cnc(NC(=O)c3ccnn3C)c(C)c2)nc1C. The van der Waals surface area contributed by atoms with E-state index in [0.717, 1.165) is 17.2 Å². The molecule has 3 aromatic rings. The van der Waals surface area contributed by atoms with Gasteiger partial charge < -0.3 is 5.32 Å². The molecular formula is C21H20FN5O. The number of halogens is 1. The first-order chi connectivity index (χ1) is 13.4. The summed E-state index contributed by atoms with van der Waals surface area (Å²) in [5.74, 6) is -0.222. The van der Waals surface area contributed by atoms with Gasteiger partial charge in [-0.2, -0.15) is 5.10 Å². The minimum atomic E-state index is -0.413. The van der Waals surface area contributed by atoms with Gasteiger partial charge in [0.15, 0.2) is 0 Å². The topological polar surface area (TPSA) is 72.7 Å². The van der Waals surface area contributed by atoms with Crippen molar-refractivity contribution in [2.24, 2.45) is 7.05 Å². The zero-order valence-corrected chi connectivity index (χ0v) is 15.9. The van der Waals surface area contributed by atoms with Crippen molar-refractivity contribution in [1.29, 1.82) is 0 Å². The van der Waals surface area contributed by atoms with E-state index in [1.807, 2.05) is 19.9 Å². The summed E-state index contributed by atoms with van der Waals surface area (Å²) in [6.45, 7) is 7.08. The Labute approximate surface area is 162 Å². The highest BCUT2D eigenvalue weighted by molar-refractivity contribution is 6.02. The van der Waals surface area contributed by atoms with Crippen LogP contribution in [0.25, 0.3) is 17.3 Å². The fourth-order valence-corrected chi connectivity index (χ4v) is 2.71. The number of carbonyl (C=O) groups is 1. The Morgan fingerprint density at radius 3 is 2.68 bits per heavy atom. The van der Waals surface area contributed by atoms with Crippen LogP contribution < -0.4 is 5.32 Å². The normalized spacial score (nSPS) is 11.4. The summed E-state index contributed by atoms with van der Waals surface area (Å²) in [5, 5.41) is 6.78. The number of amides is 1. The predicted molar refractivity (Wildman–Crippen MR) is 107 cm³/mol. The Morgan fingerprint density at radius 1 is 1.29 bits per heavy atom. The van der Waals surface area contributed by atoms with Gasteiger partial charge >= 0.3 is 0 Å². The molecule has 0 radical (unpaired) electrons. The summed E-state index contributed by atoms with van der Waals surface area (Å²) >= 11 is 0. The van der Waals surface area contributed by atoms with Crippen molar-refractivity contribution in [3.63, 3.8) is 0 Å². The highest BCUT2D eigenvalue weighted by Gasteiger charge is 2.13. The number of rotatable bonds is 5. The predicted octanol–water partition coefficient (Wildman–Crippen LogP) is 4.24. The van der Waals surface area contributed by atoms with Gasteiger partial charge in [-0.3, -0.25) is 14.5 Å². The monoisotopic (exact) mass is 377 g/mol. The van der Waals surface area contributed by atoms with Crippen molar-refractivity contribution in [2.75, 3.05) is 5.32 Å². The van der Waals surface area contributed by atoms with Crippen LogP contribution in [0.1, 0.15) is 27.3 Å². The lowest BCUT2D eigenvalue weighted by molar-refractivity contribution is 0.101.